The number of hydrogen-bond donors (Lipinski definition) is 3. The second kappa shape index (κ2) is 9.68. The van der Waals surface area contributed by atoms with Gasteiger partial charge in [0.2, 0.25) is 0 Å². The molecule has 1 aliphatic heterocycles. The van der Waals surface area contributed by atoms with E-state index in [9.17, 15) is 18.7 Å². The summed E-state index contributed by atoms with van der Waals surface area (Å²) >= 11 is 6.04. The first-order valence-electron chi connectivity index (χ1n) is 12.5. The first kappa shape index (κ1) is 25.6. The molecule has 0 radical (unpaired) electrons. The monoisotopic (exact) mass is 529 g/mol. The Bertz CT molecular complexity index is 1330. The molecule has 0 spiro atoms. The molecule has 2 aliphatic rings. The number of carboxylic acid groups (broad SMARTS) is 1. The third-order valence-corrected chi connectivity index (χ3v) is 8.20. The third kappa shape index (κ3) is 5.07. The van der Waals surface area contributed by atoms with Crippen LogP contribution in [-0.2, 0) is 16.6 Å². The van der Waals surface area contributed by atoms with E-state index in [0.717, 1.165) is 18.5 Å². The van der Waals surface area contributed by atoms with Gasteiger partial charge in [-0.1, -0.05) is 23.7 Å². The first-order chi connectivity index (χ1) is 17.6. The standard InChI is InChI=1S/C27H30ClF2N5O2/c1-16-12-23(34-33-16)32-22-7-6-20(29)21(31-22)14-27(25(36)37)10-11-35(17(2)13-27)15-26(8-9-26)18-4-3-5-19(28)24(18)30/h3-7,12,17H,8-11,13-15H2,1-2H3,(H,36,37)(H2,31,32,33,34)/t17-,27?/m1/s1. The lowest BCUT2D eigenvalue weighted by Gasteiger charge is -2.44. The van der Waals surface area contributed by atoms with E-state index < -0.39 is 17.2 Å². The van der Waals surface area contributed by atoms with Gasteiger partial charge in [0.25, 0.3) is 0 Å². The maximum atomic E-state index is 14.8. The zero-order valence-electron chi connectivity index (χ0n) is 20.8. The number of aliphatic carboxylic acids is 1. The van der Waals surface area contributed by atoms with E-state index in [1.807, 2.05) is 13.8 Å². The lowest BCUT2D eigenvalue weighted by molar-refractivity contribution is -0.153. The topological polar surface area (TPSA) is 94.1 Å². The summed E-state index contributed by atoms with van der Waals surface area (Å²) in [4.78, 5) is 19.2. The van der Waals surface area contributed by atoms with Crippen LogP contribution in [0, 0.1) is 24.0 Å². The number of aromatic nitrogens is 3. The molecular weight excluding hydrogens is 500 g/mol. The van der Waals surface area contributed by atoms with Gasteiger partial charge >= 0.3 is 5.97 Å². The van der Waals surface area contributed by atoms with Crippen molar-refractivity contribution in [1.82, 2.24) is 20.1 Å². The minimum atomic E-state index is -1.15. The average Bonchev–Trinajstić information content (AvgIpc) is 3.52. The molecule has 3 aromatic rings. The fourth-order valence-electron chi connectivity index (χ4n) is 5.62. The molecule has 1 aliphatic carbocycles. The third-order valence-electron chi connectivity index (χ3n) is 7.91. The van der Waals surface area contributed by atoms with Crippen LogP contribution in [0.3, 0.4) is 0 Å². The van der Waals surface area contributed by atoms with Crippen molar-refractivity contribution < 1.29 is 18.7 Å². The van der Waals surface area contributed by atoms with Crippen LogP contribution in [0.25, 0.3) is 0 Å². The summed E-state index contributed by atoms with van der Waals surface area (Å²) in [5.41, 5.74) is 0.153. The van der Waals surface area contributed by atoms with E-state index in [2.05, 4.69) is 25.4 Å². The number of anilines is 2. The van der Waals surface area contributed by atoms with E-state index in [1.54, 1.807) is 24.3 Å². The van der Waals surface area contributed by atoms with Crippen molar-refractivity contribution in [1.29, 1.82) is 0 Å². The van der Waals surface area contributed by atoms with Gasteiger partial charge in [-0.05, 0) is 69.8 Å². The summed E-state index contributed by atoms with van der Waals surface area (Å²) in [6, 6.07) is 9.64. The number of H-pyrrole nitrogens is 1. The zero-order valence-corrected chi connectivity index (χ0v) is 21.6. The minimum Gasteiger partial charge on any atom is -0.481 e. The molecule has 0 bridgehead atoms. The number of likely N-dealkylation sites (tertiary alicyclic amines) is 1. The van der Waals surface area contributed by atoms with Crippen molar-refractivity contribution in [3.05, 3.63) is 70.0 Å². The summed E-state index contributed by atoms with van der Waals surface area (Å²) in [7, 11) is 0. The Labute approximate surface area is 219 Å². The van der Waals surface area contributed by atoms with Crippen molar-refractivity contribution in [3.8, 4) is 0 Å². The number of piperidine rings is 1. The van der Waals surface area contributed by atoms with Gasteiger partial charge in [-0.15, -0.1) is 0 Å². The molecule has 196 valence electrons. The van der Waals surface area contributed by atoms with Crippen molar-refractivity contribution >= 4 is 29.2 Å². The number of pyridine rings is 1. The maximum Gasteiger partial charge on any atom is 0.310 e. The zero-order chi connectivity index (χ0) is 26.4. The molecule has 2 fully saturated rings. The Kier molecular flexibility index (Phi) is 6.70. The Hall–Kier alpha value is -3.04. The van der Waals surface area contributed by atoms with Gasteiger partial charge in [-0.2, -0.15) is 5.10 Å². The lowest BCUT2D eigenvalue weighted by atomic mass is 9.72. The maximum absolute atomic E-state index is 14.8. The number of rotatable bonds is 8. The number of aromatic amines is 1. The van der Waals surface area contributed by atoms with Gasteiger partial charge in [0.15, 0.2) is 5.82 Å². The first-order valence-corrected chi connectivity index (χ1v) is 12.9. The molecule has 10 heteroatoms. The Morgan fingerprint density at radius 1 is 1.24 bits per heavy atom. The molecule has 1 aromatic carbocycles. The smallest absolute Gasteiger partial charge is 0.310 e. The van der Waals surface area contributed by atoms with Crippen LogP contribution >= 0.6 is 11.6 Å². The van der Waals surface area contributed by atoms with Crippen LogP contribution < -0.4 is 5.32 Å². The predicted molar refractivity (Wildman–Crippen MR) is 137 cm³/mol. The van der Waals surface area contributed by atoms with Gasteiger partial charge in [0.1, 0.15) is 17.5 Å². The van der Waals surface area contributed by atoms with E-state index in [4.69, 9.17) is 11.6 Å². The van der Waals surface area contributed by atoms with E-state index in [-0.39, 0.29) is 34.4 Å². The van der Waals surface area contributed by atoms with Gasteiger partial charge in [0.05, 0.1) is 16.1 Å². The number of carbonyl (C=O) groups is 1. The largest absolute Gasteiger partial charge is 0.481 e. The number of nitrogens with one attached hydrogen (secondary N) is 2. The van der Waals surface area contributed by atoms with E-state index in [0.29, 0.717) is 43.1 Å². The van der Waals surface area contributed by atoms with Gasteiger partial charge in [-0.25, -0.2) is 13.8 Å². The summed E-state index contributed by atoms with van der Waals surface area (Å²) in [6.45, 7) is 5.01. The van der Waals surface area contributed by atoms with Crippen LogP contribution in [0.4, 0.5) is 20.4 Å². The summed E-state index contributed by atoms with van der Waals surface area (Å²) in [6.07, 6.45) is 2.39. The molecule has 7 nitrogen and oxygen atoms in total. The van der Waals surface area contributed by atoms with Gasteiger partial charge in [-0.3, -0.25) is 14.8 Å². The molecular formula is C27H30ClF2N5O2. The van der Waals surface area contributed by atoms with Crippen molar-refractivity contribution in [2.24, 2.45) is 5.41 Å². The number of carboxylic acids is 1. The summed E-state index contributed by atoms with van der Waals surface area (Å²) in [5.74, 6) is -0.918. The summed E-state index contributed by atoms with van der Waals surface area (Å²) in [5, 5.41) is 20.4. The van der Waals surface area contributed by atoms with Crippen LogP contribution in [0.1, 0.15) is 49.6 Å². The molecule has 3 N–H and O–H groups in total. The molecule has 1 saturated heterocycles. The SMILES string of the molecule is Cc1cc(Nc2ccc(F)c(CC3(C(=O)O)CCN(CC4(c5cccc(Cl)c5F)CC4)[C@H](C)C3)n2)n[nH]1. The van der Waals surface area contributed by atoms with Gasteiger partial charge < -0.3 is 10.4 Å². The quantitative estimate of drug-likeness (QED) is 0.351. The minimum absolute atomic E-state index is 0.0183. The number of benzene rings is 1. The van der Waals surface area contributed by atoms with Crippen LogP contribution in [0.2, 0.25) is 5.02 Å². The highest BCUT2D eigenvalue weighted by molar-refractivity contribution is 6.30. The van der Waals surface area contributed by atoms with Crippen molar-refractivity contribution in [2.75, 3.05) is 18.4 Å². The number of aryl methyl sites for hydroxylation is 1. The highest BCUT2D eigenvalue weighted by Gasteiger charge is 2.51. The molecule has 5 rings (SSSR count). The number of nitrogens with zero attached hydrogens (tertiary/aromatic N) is 3. The normalized spacial score (nSPS) is 23.1. The van der Waals surface area contributed by atoms with Crippen LogP contribution in [-0.4, -0.2) is 50.3 Å². The lowest BCUT2D eigenvalue weighted by Crippen LogP contribution is -2.52. The van der Waals surface area contributed by atoms with Crippen LogP contribution in [0.15, 0.2) is 36.4 Å². The molecule has 2 aromatic heterocycles. The van der Waals surface area contributed by atoms with Crippen LogP contribution in [0.5, 0.6) is 0 Å². The second-order valence-corrected chi connectivity index (χ2v) is 11.0. The highest BCUT2D eigenvalue weighted by atomic mass is 35.5. The fraction of sp³-hybridized carbons (Fsp3) is 0.444. The number of halogens is 3. The predicted octanol–water partition coefficient (Wildman–Crippen LogP) is 5.62. The molecule has 0 amide bonds. The molecule has 3 heterocycles. The Morgan fingerprint density at radius 2 is 2.03 bits per heavy atom. The highest BCUT2D eigenvalue weighted by Crippen LogP contribution is 2.51. The van der Waals surface area contributed by atoms with Gasteiger partial charge in [0, 0.05) is 36.2 Å². The summed E-state index contributed by atoms with van der Waals surface area (Å²) < 4.78 is 29.6. The van der Waals surface area contributed by atoms with Crippen molar-refractivity contribution in [3.63, 3.8) is 0 Å². The molecule has 1 unspecified atom stereocenters. The van der Waals surface area contributed by atoms with E-state index >= 15 is 0 Å². The molecule has 37 heavy (non-hydrogen) atoms. The van der Waals surface area contributed by atoms with Crippen molar-refractivity contribution in [2.45, 2.75) is 57.4 Å². The molecule has 1 saturated carbocycles. The second-order valence-electron chi connectivity index (χ2n) is 10.6. The molecule has 2 atom stereocenters. The average molecular weight is 530 g/mol. The fourth-order valence-corrected chi connectivity index (χ4v) is 5.79. The Balaban J connectivity index is 1.32. The number of hydrogen-bond acceptors (Lipinski definition) is 5. The Morgan fingerprint density at radius 3 is 2.68 bits per heavy atom. The van der Waals surface area contributed by atoms with E-state index in [1.165, 1.54) is 12.1 Å².